The van der Waals surface area contributed by atoms with Crippen LogP contribution < -0.4 is 0 Å². The lowest BCUT2D eigenvalue weighted by Crippen LogP contribution is -2.37. The first-order valence-corrected chi connectivity index (χ1v) is 9.73. The fourth-order valence-corrected chi connectivity index (χ4v) is 4.22. The number of aryl methyl sites for hydroxylation is 2. The van der Waals surface area contributed by atoms with Gasteiger partial charge in [0.25, 0.3) is 0 Å². The van der Waals surface area contributed by atoms with Crippen LogP contribution in [0.3, 0.4) is 0 Å². The van der Waals surface area contributed by atoms with Gasteiger partial charge in [-0.2, -0.15) is 0 Å². The molecule has 27 heavy (non-hydrogen) atoms. The van der Waals surface area contributed by atoms with Crippen molar-refractivity contribution in [3.8, 4) is 11.3 Å². The van der Waals surface area contributed by atoms with Crippen molar-refractivity contribution in [2.24, 2.45) is 11.8 Å². The average Bonchev–Trinajstić information content (AvgIpc) is 3.29. The maximum atomic E-state index is 12.8. The van der Waals surface area contributed by atoms with E-state index in [2.05, 4.69) is 15.1 Å². The molecule has 0 saturated carbocycles. The van der Waals surface area contributed by atoms with E-state index in [0.29, 0.717) is 25.0 Å². The molecular formula is C20H26N4O3. The lowest BCUT2D eigenvalue weighted by molar-refractivity contribution is -0.137. The van der Waals surface area contributed by atoms with Crippen LogP contribution in [-0.4, -0.2) is 52.2 Å². The third-order valence-electron chi connectivity index (χ3n) is 5.69. The van der Waals surface area contributed by atoms with Crippen LogP contribution in [0.2, 0.25) is 0 Å². The zero-order chi connectivity index (χ0) is 18.8. The van der Waals surface area contributed by atoms with Crippen molar-refractivity contribution in [3.05, 3.63) is 29.5 Å². The fourth-order valence-electron chi connectivity index (χ4n) is 4.22. The van der Waals surface area contributed by atoms with E-state index in [9.17, 15) is 4.79 Å². The van der Waals surface area contributed by atoms with Crippen molar-refractivity contribution in [1.82, 2.24) is 20.0 Å². The van der Waals surface area contributed by atoms with E-state index in [1.165, 1.54) is 0 Å². The molecule has 0 unspecified atom stereocenters. The topological polar surface area (TPSA) is 81.4 Å². The second kappa shape index (κ2) is 7.76. The van der Waals surface area contributed by atoms with Gasteiger partial charge in [-0.05, 0) is 45.4 Å². The number of aromatic nitrogens is 3. The molecular weight excluding hydrogens is 344 g/mol. The maximum absolute atomic E-state index is 12.8. The van der Waals surface area contributed by atoms with Gasteiger partial charge in [0, 0.05) is 44.6 Å². The molecule has 0 spiro atoms. The number of carbonyl (C=O) groups is 1. The highest BCUT2D eigenvalue weighted by molar-refractivity contribution is 5.79. The number of ether oxygens (including phenoxy) is 1. The summed E-state index contributed by atoms with van der Waals surface area (Å²) in [4.78, 5) is 23.9. The Morgan fingerprint density at radius 1 is 1.19 bits per heavy atom. The molecule has 0 aromatic carbocycles. The van der Waals surface area contributed by atoms with E-state index in [0.717, 1.165) is 67.2 Å². The van der Waals surface area contributed by atoms with Crippen LogP contribution in [0.5, 0.6) is 0 Å². The van der Waals surface area contributed by atoms with Crippen molar-refractivity contribution in [2.75, 3.05) is 26.3 Å². The van der Waals surface area contributed by atoms with Crippen LogP contribution in [0, 0.1) is 25.7 Å². The number of hydrogen-bond donors (Lipinski definition) is 0. The molecule has 1 amide bonds. The van der Waals surface area contributed by atoms with E-state index in [-0.39, 0.29) is 5.92 Å². The van der Waals surface area contributed by atoms with Crippen molar-refractivity contribution in [2.45, 2.75) is 39.5 Å². The summed E-state index contributed by atoms with van der Waals surface area (Å²) in [6, 6.07) is 0. The first-order chi connectivity index (χ1) is 13.1. The van der Waals surface area contributed by atoms with Crippen molar-refractivity contribution in [1.29, 1.82) is 0 Å². The minimum Gasteiger partial charge on any atom is -0.381 e. The molecule has 2 fully saturated rings. The number of carbonyl (C=O) groups excluding carboxylic acids is 1. The Balaban J connectivity index is 1.46. The predicted octanol–water partition coefficient (Wildman–Crippen LogP) is 2.57. The van der Waals surface area contributed by atoms with Crippen LogP contribution in [0.4, 0.5) is 0 Å². The second-order valence-electron chi connectivity index (χ2n) is 7.58. The Morgan fingerprint density at radius 3 is 2.70 bits per heavy atom. The minimum atomic E-state index is 0.131. The third kappa shape index (κ3) is 3.74. The second-order valence-corrected chi connectivity index (χ2v) is 7.58. The Morgan fingerprint density at radius 2 is 1.96 bits per heavy atom. The van der Waals surface area contributed by atoms with Gasteiger partial charge in [0.15, 0.2) is 0 Å². The van der Waals surface area contributed by atoms with Gasteiger partial charge < -0.3 is 14.2 Å². The number of hydrogen-bond acceptors (Lipinski definition) is 6. The lowest BCUT2D eigenvalue weighted by atomic mass is 9.97. The van der Waals surface area contributed by atoms with Gasteiger partial charge in [-0.25, -0.2) is 0 Å². The average molecular weight is 370 g/mol. The minimum absolute atomic E-state index is 0.131. The van der Waals surface area contributed by atoms with Crippen molar-refractivity contribution < 1.29 is 14.1 Å². The molecule has 7 nitrogen and oxygen atoms in total. The van der Waals surface area contributed by atoms with Crippen LogP contribution in [0.1, 0.15) is 36.4 Å². The van der Waals surface area contributed by atoms with Crippen LogP contribution in [0.15, 0.2) is 16.9 Å². The summed E-state index contributed by atoms with van der Waals surface area (Å²) < 4.78 is 10.7. The van der Waals surface area contributed by atoms with Gasteiger partial charge in [-0.1, -0.05) is 5.16 Å². The van der Waals surface area contributed by atoms with Gasteiger partial charge >= 0.3 is 0 Å². The number of rotatable bonds is 4. The molecule has 2 aliphatic rings. The molecule has 1 atom stereocenters. The normalized spacial score (nSPS) is 21.0. The maximum Gasteiger partial charge on any atom is 0.225 e. The molecule has 0 aliphatic carbocycles. The van der Waals surface area contributed by atoms with Crippen LogP contribution in [-0.2, 0) is 16.0 Å². The fraction of sp³-hybridized carbons (Fsp3) is 0.600. The van der Waals surface area contributed by atoms with Crippen LogP contribution >= 0.6 is 0 Å². The summed E-state index contributed by atoms with van der Waals surface area (Å²) in [5, 5.41) is 4.05. The van der Waals surface area contributed by atoms with Crippen molar-refractivity contribution in [3.63, 3.8) is 0 Å². The number of nitrogens with zero attached hydrogens (tertiary/aromatic N) is 4. The monoisotopic (exact) mass is 370 g/mol. The SMILES string of the molecule is Cc1noc(C)c1-c1nccnc1C[C@@H]1CCN(C(=O)C2CCOCC2)C1. The molecule has 2 aromatic heterocycles. The summed E-state index contributed by atoms with van der Waals surface area (Å²) in [5.41, 5.74) is 3.57. The lowest BCUT2D eigenvalue weighted by Gasteiger charge is -2.26. The number of amides is 1. The molecule has 0 bridgehead atoms. The quantitative estimate of drug-likeness (QED) is 0.823. The van der Waals surface area contributed by atoms with E-state index >= 15 is 0 Å². The zero-order valence-corrected chi connectivity index (χ0v) is 16.0. The molecule has 144 valence electrons. The van der Waals surface area contributed by atoms with Gasteiger partial charge in [0.05, 0.1) is 22.6 Å². The molecule has 4 heterocycles. The van der Waals surface area contributed by atoms with Gasteiger partial charge in [-0.15, -0.1) is 0 Å². The smallest absolute Gasteiger partial charge is 0.225 e. The van der Waals surface area contributed by atoms with E-state index in [1.807, 2.05) is 18.7 Å². The van der Waals surface area contributed by atoms with E-state index in [1.54, 1.807) is 12.4 Å². The highest BCUT2D eigenvalue weighted by Gasteiger charge is 2.32. The Labute approximate surface area is 159 Å². The molecule has 7 heteroatoms. The third-order valence-corrected chi connectivity index (χ3v) is 5.69. The van der Waals surface area contributed by atoms with E-state index < -0.39 is 0 Å². The summed E-state index contributed by atoms with van der Waals surface area (Å²) in [6.07, 6.45) is 6.95. The van der Waals surface area contributed by atoms with Gasteiger partial charge in [0.1, 0.15) is 5.76 Å². The highest BCUT2D eigenvalue weighted by atomic mass is 16.5. The van der Waals surface area contributed by atoms with Crippen molar-refractivity contribution >= 4 is 5.91 Å². The Bertz CT molecular complexity index is 794. The Hall–Kier alpha value is -2.28. The molecule has 2 saturated heterocycles. The molecule has 0 radical (unpaired) electrons. The molecule has 0 N–H and O–H groups in total. The first kappa shape index (κ1) is 18.1. The summed E-state index contributed by atoms with van der Waals surface area (Å²) >= 11 is 0. The molecule has 2 aromatic rings. The highest BCUT2D eigenvalue weighted by Crippen LogP contribution is 2.30. The zero-order valence-electron chi connectivity index (χ0n) is 16.0. The molecule has 2 aliphatic heterocycles. The standard InChI is InChI=1S/C20H26N4O3/c1-13-18(14(2)27-23-13)19-17(21-6-7-22-19)11-15-3-8-24(12-15)20(25)16-4-9-26-10-5-16/h6-7,15-16H,3-5,8-12H2,1-2H3/t15-/m0/s1. The van der Waals surface area contributed by atoms with E-state index in [4.69, 9.17) is 9.26 Å². The summed E-state index contributed by atoms with van der Waals surface area (Å²) in [6.45, 7) is 6.86. The summed E-state index contributed by atoms with van der Waals surface area (Å²) in [7, 11) is 0. The Kier molecular flexibility index (Phi) is 5.20. The van der Waals surface area contributed by atoms with Crippen LogP contribution in [0.25, 0.3) is 11.3 Å². The first-order valence-electron chi connectivity index (χ1n) is 9.73. The number of likely N-dealkylation sites (tertiary alicyclic amines) is 1. The molecule has 4 rings (SSSR count). The summed E-state index contributed by atoms with van der Waals surface area (Å²) in [5.74, 6) is 1.60. The van der Waals surface area contributed by atoms with Gasteiger partial charge in [0.2, 0.25) is 5.91 Å². The largest absolute Gasteiger partial charge is 0.381 e. The predicted molar refractivity (Wildman–Crippen MR) is 98.9 cm³/mol. The van der Waals surface area contributed by atoms with Gasteiger partial charge in [-0.3, -0.25) is 14.8 Å².